The largest absolute Gasteiger partial charge is 0.356 e. The lowest BCUT2D eigenvalue weighted by Crippen LogP contribution is -2.36. The van der Waals surface area contributed by atoms with E-state index in [4.69, 9.17) is 0 Å². The quantitative estimate of drug-likeness (QED) is 0.776. The highest BCUT2D eigenvalue weighted by Crippen LogP contribution is 2.20. The first-order valence-corrected chi connectivity index (χ1v) is 7.33. The van der Waals surface area contributed by atoms with Crippen LogP contribution in [-0.4, -0.2) is 36.5 Å². The van der Waals surface area contributed by atoms with E-state index in [1.165, 1.54) is 13.0 Å². The van der Waals surface area contributed by atoms with Gasteiger partial charge >= 0.3 is 0 Å². The Morgan fingerprint density at radius 1 is 1.39 bits per heavy atom. The van der Waals surface area contributed by atoms with Gasteiger partial charge in [-0.3, -0.25) is 4.79 Å². The Balaban J connectivity index is 1.69. The molecule has 0 bridgehead atoms. The summed E-state index contributed by atoms with van der Waals surface area (Å²) in [4.78, 5) is 14.5. The molecule has 1 aliphatic heterocycles. The maximum atomic E-state index is 12.0. The number of hydrogen-bond donors (Lipinski definition) is 1. The average molecular weight is 250 g/mol. The number of hydrogen-bond acceptors (Lipinski definition) is 2. The molecule has 0 aromatic rings. The van der Waals surface area contributed by atoms with Crippen molar-refractivity contribution in [1.82, 2.24) is 10.2 Å². The standard InChI is InChI=1S/C15H26N2O/c1-12(2)17-9-8-13(11-17)10-16-15(18)14-6-4-3-5-7-14/h3-4,12-14H,5-11H2,1-2H3,(H,16,18)/t13-,14+/m0/s1. The number of carbonyl (C=O) groups excluding carboxylic acids is 1. The lowest BCUT2D eigenvalue weighted by atomic mass is 9.93. The Morgan fingerprint density at radius 3 is 2.83 bits per heavy atom. The van der Waals surface area contributed by atoms with E-state index >= 15 is 0 Å². The molecular weight excluding hydrogens is 224 g/mol. The zero-order chi connectivity index (χ0) is 13.0. The Kier molecular flexibility index (Phi) is 4.81. The molecular formula is C15H26N2O. The summed E-state index contributed by atoms with van der Waals surface area (Å²) < 4.78 is 0. The van der Waals surface area contributed by atoms with Crippen LogP contribution >= 0.6 is 0 Å². The minimum absolute atomic E-state index is 0.220. The van der Waals surface area contributed by atoms with Crippen LogP contribution in [0.15, 0.2) is 12.2 Å². The fourth-order valence-corrected chi connectivity index (χ4v) is 2.92. The van der Waals surface area contributed by atoms with E-state index in [1.54, 1.807) is 0 Å². The Hall–Kier alpha value is -0.830. The summed E-state index contributed by atoms with van der Waals surface area (Å²) in [6, 6.07) is 0.634. The van der Waals surface area contributed by atoms with Gasteiger partial charge in [-0.15, -0.1) is 0 Å². The van der Waals surface area contributed by atoms with Crippen LogP contribution in [-0.2, 0) is 4.79 Å². The summed E-state index contributed by atoms with van der Waals surface area (Å²) in [5.41, 5.74) is 0. The maximum Gasteiger partial charge on any atom is 0.223 e. The van der Waals surface area contributed by atoms with Crippen LogP contribution in [0.3, 0.4) is 0 Å². The first-order chi connectivity index (χ1) is 8.66. The fourth-order valence-electron chi connectivity index (χ4n) is 2.92. The highest BCUT2D eigenvalue weighted by atomic mass is 16.1. The van der Waals surface area contributed by atoms with E-state index in [0.29, 0.717) is 12.0 Å². The van der Waals surface area contributed by atoms with E-state index in [1.807, 2.05) is 0 Å². The van der Waals surface area contributed by atoms with Crippen LogP contribution < -0.4 is 5.32 Å². The second kappa shape index (κ2) is 6.37. The molecule has 1 amide bonds. The molecule has 3 nitrogen and oxygen atoms in total. The van der Waals surface area contributed by atoms with Crippen molar-refractivity contribution in [3.63, 3.8) is 0 Å². The van der Waals surface area contributed by atoms with Gasteiger partial charge in [-0.05, 0) is 52.0 Å². The van der Waals surface area contributed by atoms with Crippen molar-refractivity contribution in [2.24, 2.45) is 11.8 Å². The molecule has 0 spiro atoms. The second-order valence-corrected chi connectivity index (χ2v) is 5.97. The predicted octanol–water partition coefficient (Wildman–Crippen LogP) is 2.19. The molecule has 18 heavy (non-hydrogen) atoms. The fraction of sp³-hybridized carbons (Fsp3) is 0.800. The molecule has 102 valence electrons. The molecule has 0 unspecified atom stereocenters. The van der Waals surface area contributed by atoms with E-state index in [0.717, 1.165) is 32.4 Å². The molecule has 0 aromatic heterocycles. The van der Waals surface area contributed by atoms with Crippen LogP contribution in [0.25, 0.3) is 0 Å². The topological polar surface area (TPSA) is 32.3 Å². The summed E-state index contributed by atoms with van der Waals surface area (Å²) in [7, 11) is 0. The molecule has 1 saturated heterocycles. The molecule has 2 aliphatic rings. The minimum Gasteiger partial charge on any atom is -0.356 e. The molecule has 0 radical (unpaired) electrons. The van der Waals surface area contributed by atoms with Crippen molar-refractivity contribution in [2.45, 2.75) is 45.6 Å². The van der Waals surface area contributed by atoms with Gasteiger partial charge in [0.15, 0.2) is 0 Å². The Morgan fingerprint density at radius 2 is 2.22 bits per heavy atom. The smallest absolute Gasteiger partial charge is 0.223 e. The van der Waals surface area contributed by atoms with Gasteiger partial charge in [0.25, 0.3) is 0 Å². The lowest BCUT2D eigenvalue weighted by Gasteiger charge is -2.21. The summed E-state index contributed by atoms with van der Waals surface area (Å²) in [6.07, 6.45) is 8.55. The molecule has 2 atom stereocenters. The average Bonchev–Trinajstić information content (AvgIpc) is 2.86. The van der Waals surface area contributed by atoms with Crippen LogP contribution in [0.5, 0.6) is 0 Å². The molecule has 0 aromatic carbocycles. The first-order valence-electron chi connectivity index (χ1n) is 7.33. The molecule has 1 aliphatic carbocycles. The van der Waals surface area contributed by atoms with Gasteiger partial charge in [-0.1, -0.05) is 12.2 Å². The molecule has 1 N–H and O–H groups in total. The Bertz CT molecular complexity index is 312. The number of carbonyl (C=O) groups is 1. The lowest BCUT2D eigenvalue weighted by molar-refractivity contribution is -0.125. The zero-order valence-electron chi connectivity index (χ0n) is 11.7. The summed E-state index contributed by atoms with van der Waals surface area (Å²) >= 11 is 0. The summed E-state index contributed by atoms with van der Waals surface area (Å²) in [6.45, 7) is 7.68. The van der Waals surface area contributed by atoms with Gasteiger partial charge < -0.3 is 10.2 Å². The third-order valence-corrected chi connectivity index (χ3v) is 4.25. The van der Waals surface area contributed by atoms with Crippen LogP contribution in [0.2, 0.25) is 0 Å². The highest BCUT2D eigenvalue weighted by Gasteiger charge is 2.25. The van der Waals surface area contributed by atoms with Gasteiger partial charge in [0.1, 0.15) is 0 Å². The molecule has 1 heterocycles. The predicted molar refractivity (Wildman–Crippen MR) is 74.3 cm³/mol. The van der Waals surface area contributed by atoms with Gasteiger partial charge in [0, 0.05) is 25.0 Å². The van der Waals surface area contributed by atoms with E-state index in [-0.39, 0.29) is 11.8 Å². The van der Waals surface area contributed by atoms with Crippen LogP contribution in [0.4, 0.5) is 0 Å². The number of likely N-dealkylation sites (tertiary alicyclic amines) is 1. The first kappa shape index (κ1) is 13.6. The van der Waals surface area contributed by atoms with E-state index in [9.17, 15) is 4.79 Å². The van der Waals surface area contributed by atoms with Crippen molar-refractivity contribution in [2.75, 3.05) is 19.6 Å². The number of amides is 1. The summed E-state index contributed by atoms with van der Waals surface area (Å²) in [5, 5.41) is 3.15. The van der Waals surface area contributed by atoms with Gasteiger partial charge in [-0.25, -0.2) is 0 Å². The third-order valence-electron chi connectivity index (χ3n) is 4.25. The zero-order valence-corrected chi connectivity index (χ0v) is 11.7. The van der Waals surface area contributed by atoms with Crippen LogP contribution in [0, 0.1) is 11.8 Å². The Labute approximate surface area is 111 Å². The monoisotopic (exact) mass is 250 g/mol. The second-order valence-electron chi connectivity index (χ2n) is 5.97. The van der Waals surface area contributed by atoms with Crippen molar-refractivity contribution in [3.05, 3.63) is 12.2 Å². The van der Waals surface area contributed by atoms with Crippen molar-refractivity contribution in [3.8, 4) is 0 Å². The van der Waals surface area contributed by atoms with Crippen molar-refractivity contribution >= 4 is 5.91 Å². The van der Waals surface area contributed by atoms with Gasteiger partial charge in [0.05, 0.1) is 0 Å². The summed E-state index contributed by atoms with van der Waals surface area (Å²) in [5.74, 6) is 1.13. The van der Waals surface area contributed by atoms with Crippen LogP contribution in [0.1, 0.15) is 39.5 Å². The number of nitrogens with zero attached hydrogens (tertiary/aromatic N) is 1. The molecule has 3 heteroatoms. The molecule has 0 saturated carbocycles. The third kappa shape index (κ3) is 3.58. The minimum atomic E-state index is 0.220. The van der Waals surface area contributed by atoms with E-state index < -0.39 is 0 Å². The number of nitrogens with one attached hydrogen (secondary N) is 1. The molecule has 2 rings (SSSR count). The SMILES string of the molecule is CC(C)N1CC[C@@H](CNC(=O)[C@@H]2CC=CCC2)C1. The number of rotatable bonds is 4. The molecule has 1 fully saturated rings. The van der Waals surface area contributed by atoms with Gasteiger partial charge in [0.2, 0.25) is 5.91 Å². The maximum absolute atomic E-state index is 12.0. The normalized spacial score (nSPS) is 28.8. The van der Waals surface area contributed by atoms with Crippen molar-refractivity contribution in [1.29, 1.82) is 0 Å². The van der Waals surface area contributed by atoms with Crippen molar-refractivity contribution < 1.29 is 4.79 Å². The van der Waals surface area contributed by atoms with Gasteiger partial charge in [-0.2, -0.15) is 0 Å². The number of allylic oxidation sites excluding steroid dienone is 2. The van der Waals surface area contributed by atoms with E-state index in [2.05, 4.69) is 36.2 Å². The highest BCUT2D eigenvalue weighted by molar-refractivity contribution is 5.78.